The van der Waals surface area contributed by atoms with E-state index in [1.165, 1.54) is 26.1 Å². The molecule has 1 unspecified atom stereocenters. The first-order chi connectivity index (χ1) is 5.33. The van der Waals surface area contributed by atoms with Gasteiger partial charge in [-0.3, -0.25) is 0 Å². The zero-order valence-corrected chi connectivity index (χ0v) is 7.34. The van der Waals surface area contributed by atoms with Crippen molar-refractivity contribution in [2.45, 2.75) is 6.42 Å². The van der Waals surface area contributed by atoms with Crippen LogP contribution in [0.25, 0.3) is 0 Å². The number of nitrogens with one attached hydrogen (secondary N) is 1. The predicted octanol–water partition coefficient (Wildman–Crippen LogP) is 0.714. The maximum Gasteiger partial charge on any atom is 0.0157 e. The van der Waals surface area contributed by atoms with Crippen LogP contribution in [-0.2, 0) is 0 Å². The van der Waals surface area contributed by atoms with Crippen molar-refractivity contribution in [3.63, 3.8) is 0 Å². The highest BCUT2D eigenvalue weighted by molar-refractivity contribution is 4.77. The van der Waals surface area contributed by atoms with Gasteiger partial charge in [-0.25, -0.2) is 0 Å². The lowest BCUT2D eigenvalue weighted by Crippen LogP contribution is -2.26. The van der Waals surface area contributed by atoms with Crippen molar-refractivity contribution in [3.05, 3.63) is 12.7 Å². The van der Waals surface area contributed by atoms with Gasteiger partial charge < -0.3 is 10.2 Å². The van der Waals surface area contributed by atoms with Gasteiger partial charge in [0.05, 0.1) is 0 Å². The third-order valence-electron chi connectivity index (χ3n) is 2.17. The first-order valence-electron chi connectivity index (χ1n) is 4.33. The summed E-state index contributed by atoms with van der Waals surface area (Å²) in [6.45, 7) is 8.33. The molecule has 1 aliphatic rings. The molecule has 0 amide bonds. The first-order valence-corrected chi connectivity index (χ1v) is 4.33. The number of likely N-dealkylation sites (N-methyl/N-ethyl adjacent to an activating group) is 1. The Kier molecular flexibility index (Phi) is 3.60. The van der Waals surface area contributed by atoms with Crippen LogP contribution in [0.5, 0.6) is 0 Å². The van der Waals surface area contributed by atoms with E-state index in [0.29, 0.717) is 0 Å². The van der Waals surface area contributed by atoms with Crippen LogP contribution in [0.1, 0.15) is 6.42 Å². The molecule has 0 bridgehead atoms. The maximum absolute atomic E-state index is 3.72. The fraction of sp³-hybridized carbons (Fsp3) is 0.778. The fourth-order valence-corrected chi connectivity index (χ4v) is 1.61. The highest BCUT2D eigenvalue weighted by Crippen LogP contribution is 2.08. The van der Waals surface area contributed by atoms with Crippen LogP contribution in [0.4, 0.5) is 0 Å². The van der Waals surface area contributed by atoms with Crippen LogP contribution >= 0.6 is 0 Å². The molecule has 64 valence electrons. The second-order valence-corrected chi connectivity index (χ2v) is 3.37. The van der Waals surface area contributed by atoms with E-state index in [2.05, 4.69) is 23.8 Å². The maximum atomic E-state index is 3.72. The summed E-state index contributed by atoms with van der Waals surface area (Å²) in [5, 5.41) is 3.37. The van der Waals surface area contributed by atoms with Crippen molar-refractivity contribution in [2.75, 3.05) is 33.2 Å². The monoisotopic (exact) mass is 154 g/mol. The molecule has 1 aliphatic heterocycles. The number of hydrogen-bond acceptors (Lipinski definition) is 2. The molecule has 1 saturated heterocycles. The Morgan fingerprint density at radius 2 is 2.55 bits per heavy atom. The summed E-state index contributed by atoms with van der Waals surface area (Å²) in [7, 11) is 2.15. The summed E-state index contributed by atoms with van der Waals surface area (Å²) in [5.74, 6) is 0.861. The topological polar surface area (TPSA) is 15.3 Å². The first kappa shape index (κ1) is 8.75. The molecule has 0 saturated carbocycles. The van der Waals surface area contributed by atoms with Gasteiger partial charge in [0.15, 0.2) is 0 Å². The van der Waals surface area contributed by atoms with Crippen LogP contribution in [0, 0.1) is 5.92 Å². The largest absolute Gasteiger partial charge is 0.316 e. The van der Waals surface area contributed by atoms with Crippen molar-refractivity contribution < 1.29 is 0 Å². The van der Waals surface area contributed by atoms with E-state index in [1.54, 1.807) is 0 Å². The quantitative estimate of drug-likeness (QED) is 0.600. The minimum Gasteiger partial charge on any atom is -0.316 e. The van der Waals surface area contributed by atoms with Gasteiger partial charge in [0.1, 0.15) is 0 Å². The van der Waals surface area contributed by atoms with Gasteiger partial charge in [-0.2, -0.15) is 0 Å². The molecule has 11 heavy (non-hydrogen) atoms. The molecule has 1 rings (SSSR count). The third-order valence-corrected chi connectivity index (χ3v) is 2.17. The van der Waals surface area contributed by atoms with Crippen molar-refractivity contribution in [1.29, 1.82) is 0 Å². The second-order valence-electron chi connectivity index (χ2n) is 3.37. The van der Waals surface area contributed by atoms with Gasteiger partial charge in [0, 0.05) is 13.1 Å². The average Bonchev–Trinajstić information content (AvgIpc) is 2.40. The molecular formula is C9H18N2. The minimum atomic E-state index is 0.861. The number of hydrogen-bond donors (Lipinski definition) is 1. The smallest absolute Gasteiger partial charge is 0.0157 e. The Labute approximate surface area is 69.3 Å². The summed E-state index contributed by atoms with van der Waals surface area (Å²) < 4.78 is 0. The zero-order chi connectivity index (χ0) is 8.10. The van der Waals surface area contributed by atoms with Crippen LogP contribution in [0.2, 0.25) is 0 Å². The van der Waals surface area contributed by atoms with Crippen LogP contribution in [0.15, 0.2) is 12.7 Å². The van der Waals surface area contributed by atoms with Gasteiger partial charge in [0.2, 0.25) is 0 Å². The van der Waals surface area contributed by atoms with Crippen molar-refractivity contribution in [1.82, 2.24) is 10.2 Å². The van der Waals surface area contributed by atoms with E-state index >= 15 is 0 Å². The molecule has 1 atom stereocenters. The van der Waals surface area contributed by atoms with E-state index in [4.69, 9.17) is 0 Å². The lowest BCUT2D eigenvalue weighted by Gasteiger charge is -2.18. The molecule has 0 aliphatic carbocycles. The molecule has 0 spiro atoms. The predicted molar refractivity (Wildman–Crippen MR) is 48.7 cm³/mol. The average molecular weight is 154 g/mol. The molecule has 1 N–H and O–H groups in total. The van der Waals surface area contributed by atoms with E-state index in [0.717, 1.165) is 12.5 Å². The van der Waals surface area contributed by atoms with Crippen LogP contribution in [-0.4, -0.2) is 38.1 Å². The minimum absolute atomic E-state index is 0.861. The SMILES string of the molecule is C=CCN(C)CC1CCNC1. The third kappa shape index (κ3) is 3.04. The highest BCUT2D eigenvalue weighted by Gasteiger charge is 2.15. The lowest BCUT2D eigenvalue weighted by molar-refractivity contribution is 0.312. The Bertz CT molecular complexity index is 117. The lowest BCUT2D eigenvalue weighted by atomic mass is 10.1. The van der Waals surface area contributed by atoms with Crippen molar-refractivity contribution in [3.8, 4) is 0 Å². The Hall–Kier alpha value is -0.340. The van der Waals surface area contributed by atoms with Crippen LogP contribution < -0.4 is 5.32 Å². The summed E-state index contributed by atoms with van der Waals surface area (Å²) >= 11 is 0. The fourth-order valence-electron chi connectivity index (χ4n) is 1.61. The summed E-state index contributed by atoms with van der Waals surface area (Å²) in [6.07, 6.45) is 3.30. The molecule has 2 heteroatoms. The zero-order valence-electron chi connectivity index (χ0n) is 7.34. The van der Waals surface area contributed by atoms with Gasteiger partial charge >= 0.3 is 0 Å². The van der Waals surface area contributed by atoms with Crippen molar-refractivity contribution in [2.24, 2.45) is 5.92 Å². The normalized spacial score (nSPS) is 24.4. The van der Waals surface area contributed by atoms with Gasteiger partial charge in [-0.1, -0.05) is 6.08 Å². The van der Waals surface area contributed by atoms with Crippen LogP contribution in [0.3, 0.4) is 0 Å². The molecule has 1 fully saturated rings. The summed E-state index contributed by atoms with van der Waals surface area (Å²) in [4.78, 5) is 2.32. The second kappa shape index (κ2) is 4.52. The number of nitrogens with zero attached hydrogens (tertiary/aromatic N) is 1. The number of rotatable bonds is 4. The Morgan fingerprint density at radius 3 is 3.09 bits per heavy atom. The van der Waals surface area contributed by atoms with Gasteiger partial charge in [-0.15, -0.1) is 6.58 Å². The molecule has 0 aromatic rings. The van der Waals surface area contributed by atoms with E-state index in [1.807, 2.05) is 6.08 Å². The van der Waals surface area contributed by atoms with E-state index in [9.17, 15) is 0 Å². The molecule has 0 radical (unpaired) electrons. The summed E-state index contributed by atoms with van der Waals surface area (Å²) in [5.41, 5.74) is 0. The molecule has 0 aromatic heterocycles. The summed E-state index contributed by atoms with van der Waals surface area (Å²) in [6, 6.07) is 0. The Balaban J connectivity index is 2.12. The molecule has 1 heterocycles. The van der Waals surface area contributed by atoms with E-state index in [-0.39, 0.29) is 0 Å². The highest BCUT2D eigenvalue weighted by atomic mass is 15.1. The molecule has 0 aromatic carbocycles. The molecule has 2 nitrogen and oxygen atoms in total. The van der Waals surface area contributed by atoms with Gasteiger partial charge in [-0.05, 0) is 32.5 Å². The molecular weight excluding hydrogens is 136 g/mol. The standard InChI is InChI=1S/C9H18N2/c1-3-6-11(2)8-9-4-5-10-7-9/h3,9-10H,1,4-8H2,2H3. The Morgan fingerprint density at radius 1 is 1.73 bits per heavy atom. The van der Waals surface area contributed by atoms with Crippen molar-refractivity contribution >= 4 is 0 Å². The van der Waals surface area contributed by atoms with Gasteiger partial charge in [0.25, 0.3) is 0 Å². The van der Waals surface area contributed by atoms with E-state index < -0.39 is 0 Å².